The predicted molar refractivity (Wildman–Crippen MR) is 39.6 cm³/mol. The van der Waals surface area contributed by atoms with Crippen LogP contribution in [-0.4, -0.2) is 32.7 Å². The standard InChI is InChI=1S/C4H11N3O3S/c1-4(8)5-6-11(9,10)7(2)3/h6H,1-3H3,(H,5,8). The van der Waals surface area contributed by atoms with Gasteiger partial charge in [0.2, 0.25) is 5.91 Å². The molecule has 66 valence electrons. The highest BCUT2D eigenvalue weighted by Gasteiger charge is 2.11. The average Bonchev–Trinajstić information content (AvgIpc) is 1.84. The van der Waals surface area contributed by atoms with E-state index in [0.717, 1.165) is 4.31 Å². The van der Waals surface area contributed by atoms with Crippen LogP contribution in [0.1, 0.15) is 6.92 Å². The molecule has 0 aliphatic rings. The fourth-order valence-electron chi connectivity index (χ4n) is 0.228. The summed E-state index contributed by atoms with van der Waals surface area (Å²) in [5.41, 5.74) is 1.95. The summed E-state index contributed by atoms with van der Waals surface area (Å²) in [6.07, 6.45) is 0. The van der Waals surface area contributed by atoms with Crippen LogP contribution in [0.4, 0.5) is 0 Å². The first kappa shape index (κ1) is 10.3. The summed E-state index contributed by atoms with van der Waals surface area (Å²) in [5, 5.41) is 0. The molecule has 0 saturated heterocycles. The summed E-state index contributed by atoms with van der Waals surface area (Å²) < 4.78 is 22.6. The first-order valence-electron chi connectivity index (χ1n) is 2.82. The summed E-state index contributed by atoms with van der Waals surface area (Å²) in [5.74, 6) is -0.463. The fraction of sp³-hybridized carbons (Fsp3) is 0.750. The smallest absolute Gasteiger partial charge is 0.277 e. The highest BCUT2D eigenvalue weighted by Crippen LogP contribution is 1.83. The summed E-state index contributed by atoms with van der Waals surface area (Å²) in [6, 6.07) is 0. The number of carbonyl (C=O) groups is 1. The number of hydrazine groups is 1. The first-order valence-corrected chi connectivity index (χ1v) is 4.26. The molecule has 11 heavy (non-hydrogen) atoms. The number of nitrogens with zero attached hydrogens (tertiary/aromatic N) is 1. The van der Waals surface area contributed by atoms with E-state index in [1.807, 2.05) is 10.3 Å². The van der Waals surface area contributed by atoms with Crippen molar-refractivity contribution in [1.82, 2.24) is 14.6 Å². The van der Waals surface area contributed by atoms with Crippen molar-refractivity contribution in [3.8, 4) is 0 Å². The van der Waals surface area contributed by atoms with E-state index in [-0.39, 0.29) is 0 Å². The van der Waals surface area contributed by atoms with Gasteiger partial charge in [0.25, 0.3) is 10.2 Å². The Balaban J connectivity index is 4.05. The van der Waals surface area contributed by atoms with Gasteiger partial charge in [-0.1, -0.05) is 0 Å². The van der Waals surface area contributed by atoms with Crippen molar-refractivity contribution in [2.75, 3.05) is 14.1 Å². The van der Waals surface area contributed by atoms with E-state index >= 15 is 0 Å². The molecule has 0 unspecified atom stereocenters. The van der Waals surface area contributed by atoms with Crippen molar-refractivity contribution in [3.05, 3.63) is 0 Å². The highest BCUT2D eigenvalue weighted by atomic mass is 32.2. The molecule has 0 aliphatic heterocycles. The predicted octanol–water partition coefficient (Wildman–Crippen LogP) is -1.57. The Morgan fingerprint density at radius 1 is 1.36 bits per heavy atom. The minimum Gasteiger partial charge on any atom is -0.277 e. The molecule has 0 fully saturated rings. The van der Waals surface area contributed by atoms with Crippen molar-refractivity contribution >= 4 is 16.1 Å². The third-order valence-corrected chi connectivity index (χ3v) is 2.16. The Kier molecular flexibility index (Phi) is 3.43. The van der Waals surface area contributed by atoms with E-state index in [4.69, 9.17) is 0 Å². The molecule has 0 bridgehead atoms. The molecular formula is C4H11N3O3S. The average molecular weight is 181 g/mol. The second-order valence-corrected chi connectivity index (χ2v) is 3.96. The van der Waals surface area contributed by atoms with Gasteiger partial charge in [-0.3, -0.25) is 10.2 Å². The zero-order chi connectivity index (χ0) is 9.07. The third kappa shape index (κ3) is 3.91. The number of carbonyl (C=O) groups excluding carboxylic acids is 1. The molecule has 0 saturated carbocycles. The van der Waals surface area contributed by atoms with Gasteiger partial charge < -0.3 is 0 Å². The second kappa shape index (κ2) is 3.65. The zero-order valence-corrected chi connectivity index (χ0v) is 7.40. The molecule has 0 spiro atoms. The van der Waals surface area contributed by atoms with E-state index in [1.165, 1.54) is 21.0 Å². The molecule has 1 amide bonds. The van der Waals surface area contributed by atoms with Crippen LogP contribution >= 0.6 is 0 Å². The lowest BCUT2D eigenvalue weighted by molar-refractivity contribution is -0.119. The van der Waals surface area contributed by atoms with Crippen molar-refractivity contribution in [2.45, 2.75) is 6.92 Å². The zero-order valence-electron chi connectivity index (χ0n) is 6.58. The van der Waals surface area contributed by atoms with E-state index in [1.54, 1.807) is 0 Å². The highest BCUT2D eigenvalue weighted by molar-refractivity contribution is 7.87. The molecule has 6 nitrogen and oxygen atoms in total. The SMILES string of the molecule is CC(=O)NNS(=O)(=O)N(C)C. The second-order valence-electron chi connectivity index (χ2n) is 2.07. The van der Waals surface area contributed by atoms with Gasteiger partial charge in [-0.2, -0.15) is 12.7 Å². The molecule has 0 radical (unpaired) electrons. The minimum atomic E-state index is -3.54. The third-order valence-electron chi connectivity index (χ3n) is 0.837. The van der Waals surface area contributed by atoms with Crippen LogP contribution < -0.4 is 10.3 Å². The monoisotopic (exact) mass is 181 g/mol. The van der Waals surface area contributed by atoms with Gasteiger partial charge in [0.15, 0.2) is 0 Å². The summed E-state index contributed by atoms with van der Waals surface area (Å²) in [4.78, 5) is 12.1. The van der Waals surface area contributed by atoms with Gasteiger partial charge in [-0.05, 0) is 0 Å². The molecule has 2 N–H and O–H groups in total. The van der Waals surface area contributed by atoms with E-state index in [0.29, 0.717) is 0 Å². The molecule has 0 aromatic heterocycles. The van der Waals surface area contributed by atoms with Crippen LogP contribution in [-0.2, 0) is 15.0 Å². The maximum Gasteiger partial charge on any atom is 0.295 e. The quantitative estimate of drug-likeness (QED) is 0.516. The maximum atomic E-state index is 10.8. The lowest BCUT2D eigenvalue weighted by Gasteiger charge is -2.11. The van der Waals surface area contributed by atoms with Crippen LogP contribution in [0.25, 0.3) is 0 Å². The largest absolute Gasteiger partial charge is 0.295 e. The number of hydrogen-bond acceptors (Lipinski definition) is 3. The van der Waals surface area contributed by atoms with Crippen LogP contribution in [0.3, 0.4) is 0 Å². The van der Waals surface area contributed by atoms with Gasteiger partial charge in [0, 0.05) is 21.0 Å². The number of rotatable bonds is 3. The summed E-state index contributed by atoms with van der Waals surface area (Å²) in [6.45, 7) is 1.21. The fourth-order valence-corrected chi connectivity index (χ4v) is 0.683. The Hall–Kier alpha value is -0.660. The number of amides is 1. The van der Waals surface area contributed by atoms with Gasteiger partial charge in [-0.15, -0.1) is 4.83 Å². The Morgan fingerprint density at radius 2 is 1.82 bits per heavy atom. The summed E-state index contributed by atoms with van der Waals surface area (Å²) >= 11 is 0. The molecule has 0 heterocycles. The molecule has 0 aromatic rings. The Bertz CT molecular complexity index is 233. The lowest BCUT2D eigenvalue weighted by Crippen LogP contribution is -2.45. The van der Waals surface area contributed by atoms with E-state index in [9.17, 15) is 13.2 Å². The normalized spacial score (nSPS) is 11.6. The topological polar surface area (TPSA) is 78.5 Å². The van der Waals surface area contributed by atoms with Gasteiger partial charge in [0.1, 0.15) is 0 Å². The van der Waals surface area contributed by atoms with E-state index < -0.39 is 16.1 Å². The lowest BCUT2D eigenvalue weighted by atomic mass is 10.8. The van der Waals surface area contributed by atoms with E-state index in [2.05, 4.69) is 0 Å². The van der Waals surface area contributed by atoms with Gasteiger partial charge >= 0.3 is 0 Å². The van der Waals surface area contributed by atoms with Crippen molar-refractivity contribution in [3.63, 3.8) is 0 Å². The van der Waals surface area contributed by atoms with Crippen molar-refractivity contribution in [1.29, 1.82) is 0 Å². The molecule has 0 rings (SSSR count). The summed E-state index contributed by atoms with van der Waals surface area (Å²) in [7, 11) is -0.839. The van der Waals surface area contributed by atoms with Crippen molar-refractivity contribution < 1.29 is 13.2 Å². The molecule has 0 aliphatic carbocycles. The Labute approximate surface area is 65.7 Å². The van der Waals surface area contributed by atoms with Gasteiger partial charge in [-0.25, -0.2) is 0 Å². The molecule has 0 atom stereocenters. The van der Waals surface area contributed by atoms with Crippen LogP contribution in [0.15, 0.2) is 0 Å². The van der Waals surface area contributed by atoms with Crippen LogP contribution in [0, 0.1) is 0 Å². The first-order chi connectivity index (χ1) is 4.86. The van der Waals surface area contributed by atoms with Gasteiger partial charge in [0.05, 0.1) is 0 Å². The molecule has 7 heteroatoms. The van der Waals surface area contributed by atoms with Crippen molar-refractivity contribution in [2.24, 2.45) is 0 Å². The number of hydrogen-bond donors (Lipinski definition) is 2. The molecule has 0 aromatic carbocycles. The Morgan fingerprint density at radius 3 is 2.09 bits per heavy atom. The minimum absolute atomic E-state index is 0.463. The number of nitrogens with one attached hydrogen (secondary N) is 2. The van der Waals surface area contributed by atoms with Crippen LogP contribution in [0.5, 0.6) is 0 Å². The maximum absolute atomic E-state index is 10.8. The van der Waals surface area contributed by atoms with Crippen LogP contribution in [0.2, 0.25) is 0 Å². The molecular weight excluding hydrogens is 170 g/mol.